The summed E-state index contributed by atoms with van der Waals surface area (Å²) in [4.78, 5) is 71.9. The zero-order chi connectivity index (χ0) is 61.3. The molecule has 0 fully saturated rings. The Morgan fingerprint density at radius 2 is 0.554 bits per heavy atom. The minimum atomic E-state index is -4.94. The average molecular weight is 1230 g/mol. The molecule has 0 heterocycles. The van der Waals surface area contributed by atoms with Crippen molar-refractivity contribution in [1.29, 1.82) is 0 Å². The molecule has 0 radical (unpaired) electrons. The second-order valence-corrected chi connectivity index (χ2v) is 26.5. The molecule has 0 aromatic heterocycles. The van der Waals surface area contributed by atoms with Gasteiger partial charge in [-0.05, 0) is 31.6 Å². The highest BCUT2D eigenvalue weighted by Crippen LogP contribution is 2.45. The first kappa shape index (κ1) is 81.1. The summed E-state index contributed by atoms with van der Waals surface area (Å²) in [5.74, 6) is -1.44. The van der Waals surface area contributed by atoms with Crippen LogP contribution in [0.5, 0.6) is 0 Å². The Morgan fingerprint density at radius 1 is 0.325 bits per heavy atom. The van der Waals surface area contributed by atoms with Crippen molar-refractivity contribution in [1.82, 2.24) is 0 Å². The molecule has 492 valence electrons. The van der Waals surface area contributed by atoms with Crippen LogP contribution in [0.2, 0.25) is 0 Å². The Hall–Kier alpha value is -1.94. The number of hydrogen-bond donors (Lipinski definition) is 3. The molecule has 0 aromatic rings. The summed E-state index contributed by atoms with van der Waals surface area (Å²) < 4.78 is 67.7. The van der Waals surface area contributed by atoms with Crippen LogP contribution < -0.4 is 0 Å². The van der Waals surface area contributed by atoms with Crippen LogP contribution in [-0.4, -0.2) is 96.7 Å². The van der Waals surface area contributed by atoms with Crippen molar-refractivity contribution in [2.24, 2.45) is 5.92 Å². The van der Waals surface area contributed by atoms with Gasteiger partial charge in [-0.2, -0.15) is 0 Å². The van der Waals surface area contributed by atoms with Gasteiger partial charge in [-0.3, -0.25) is 37.3 Å². The quantitative estimate of drug-likeness (QED) is 0.0222. The molecule has 0 aliphatic rings. The maximum absolute atomic E-state index is 13.0. The van der Waals surface area contributed by atoms with E-state index < -0.39 is 97.5 Å². The van der Waals surface area contributed by atoms with Gasteiger partial charge in [0, 0.05) is 25.7 Å². The Kier molecular flexibility index (Phi) is 56.4. The lowest BCUT2D eigenvalue weighted by atomic mass is 10.0. The summed E-state index contributed by atoms with van der Waals surface area (Å²) in [7, 11) is -9.87. The second kappa shape index (κ2) is 57.8. The van der Waals surface area contributed by atoms with Crippen molar-refractivity contribution in [2.45, 2.75) is 342 Å². The molecule has 17 nitrogen and oxygen atoms in total. The number of phosphoric ester groups is 2. The number of carbonyl (C=O) groups excluding carboxylic acids is 4. The van der Waals surface area contributed by atoms with E-state index in [0.717, 1.165) is 103 Å². The van der Waals surface area contributed by atoms with Crippen molar-refractivity contribution in [2.75, 3.05) is 39.6 Å². The van der Waals surface area contributed by atoms with E-state index in [0.29, 0.717) is 31.6 Å². The molecule has 0 aliphatic heterocycles. The van der Waals surface area contributed by atoms with Crippen molar-refractivity contribution in [3.8, 4) is 0 Å². The molecule has 0 bridgehead atoms. The molecular weight excluding hydrogens is 1100 g/mol. The molecule has 0 aromatic carbocycles. The van der Waals surface area contributed by atoms with E-state index in [-0.39, 0.29) is 25.7 Å². The maximum atomic E-state index is 13.0. The van der Waals surface area contributed by atoms with Crippen molar-refractivity contribution >= 4 is 39.5 Å². The predicted molar refractivity (Wildman–Crippen MR) is 331 cm³/mol. The van der Waals surface area contributed by atoms with Gasteiger partial charge in [0.25, 0.3) is 0 Å². The molecule has 0 spiro atoms. The molecule has 5 atom stereocenters. The molecule has 0 amide bonds. The molecule has 0 rings (SSSR count). The van der Waals surface area contributed by atoms with E-state index in [1.54, 1.807) is 0 Å². The van der Waals surface area contributed by atoms with Crippen LogP contribution >= 0.6 is 15.6 Å². The fraction of sp³-hybridized carbons (Fsp3) is 0.938. The SMILES string of the molecule is CCCCCCCCCCCCCCCCCCCCCC(=O)O[C@H](COC(=O)CCCCCCCCCC(C)C)COP(=O)(O)OC[C@@H](O)COP(=O)(O)OC[C@@H](COC(=O)CCCCCCC)OC(=O)CCCCCCCCCCC. The van der Waals surface area contributed by atoms with Crippen molar-refractivity contribution in [3.63, 3.8) is 0 Å². The molecule has 3 N–H and O–H groups in total. The van der Waals surface area contributed by atoms with Gasteiger partial charge in [-0.15, -0.1) is 0 Å². The molecule has 2 unspecified atom stereocenters. The topological polar surface area (TPSA) is 237 Å². The van der Waals surface area contributed by atoms with Gasteiger partial charge in [0.2, 0.25) is 0 Å². The molecule has 0 saturated carbocycles. The zero-order valence-corrected chi connectivity index (χ0v) is 55.1. The van der Waals surface area contributed by atoms with Crippen LogP contribution in [0.25, 0.3) is 0 Å². The fourth-order valence-electron chi connectivity index (χ4n) is 9.58. The minimum Gasteiger partial charge on any atom is -0.462 e. The summed E-state index contributed by atoms with van der Waals surface area (Å²) >= 11 is 0. The van der Waals surface area contributed by atoms with Crippen LogP contribution in [0.3, 0.4) is 0 Å². The standard InChI is InChI=1S/C64H124O17P2/c1-6-9-12-15-17-19-20-21-22-23-24-25-26-27-28-30-34-40-45-50-64(69)81-60(54-75-62(67)48-43-38-35-31-32-37-41-46-57(4)5)56-79-83(72,73)77-52-58(65)51-76-82(70,71)78-55-59(53-74-61(66)47-42-36-14-11-8-3)80-63(68)49-44-39-33-29-18-16-13-10-7-2/h57-60,65H,6-56H2,1-5H3,(H,70,71)(H,72,73)/t58-,59+,60+/m0/s1. The molecule has 0 aliphatic carbocycles. The van der Waals surface area contributed by atoms with E-state index in [4.69, 9.17) is 37.0 Å². The monoisotopic (exact) mass is 1230 g/mol. The molecule has 19 heteroatoms. The first-order chi connectivity index (χ1) is 40.0. The van der Waals surface area contributed by atoms with Gasteiger partial charge < -0.3 is 33.8 Å². The number of rotatable bonds is 64. The number of esters is 4. The van der Waals surface area contributed by atoms with Gasteiger partial charge in [-0.1, -0.05) is 272 Å². The van der Waals surface area contributed by atoms with Gasteiger partial charge in [0.15, 0.2) is 12.2 Å². The van der Waals surface area contributed by atoms with Crippen LogP contribution in [0.1, 0.15) is 324 Å². The molecule has 0 saturated heterocycles. The molecule has 83 heavy (non-hydrogen) atoms. The Morgan fingerprint density at radius 3 is 0.819 bits per heavy atom. The smallest absolute Gasteiger partial charge is 0.462 e. The zero-order valence-electron chi connectivity index (χ0n) is 53.3. The number of ether oxygens (including phenoxy) is 4. The van der Waals surface area contributed by atoms with Gasteiger partial charge in [0.1, 0.15) is 19.3 Å². The minimum absolute atomic E-state index is 0.105. The van der Waals surface area contributed by atoms with Crippen LogP contribution in [0.4, 0.5) is 0 Å². The number of unbranched alkanes of at least 4 members (excludes halogenated alkanes) is 36. The highest BCUT2D eigenvalue weighted by atomic mass is 31.2. The van der Waals surface area contributed by atoms with E-state index in [1.807, 2.05) is 0 Å². The van der Waals surface area contributed by atoms with Gasteiger partial charge in [-0.25, -0.2) is 9.13 Å². The predicted octanol–water partition coefficient (Wildman–Crippen LogP) is 17.8. The van der Waals surface area contributed by atoms with Gasteiger partial charge in [0.05, 0.1) is 26.4 Å². The first-order valence-electron chi connectivity index (χ1n) is 33.6. The largest absolute Gasteiger partial charge is 0.472 e. The number of phosphoric acid groups is 2. The normalized spacial score (nSPS) is 14.2. The van der Waals surface area contributed by atoms with Gasteiger partial charge >= 0.3 is 39.5 Å². The summed E-state index contributed by atoms with van der Waals surface area (Å²) in [6.45, 7) is 7.03. The highest BCUT2D eigenvalue weighted by Gasteiger charge is 2.30. The van der Waals surface area contributed by atoms with Crippen molar-refractivity contribution in [3.05, 3.63) is 0 Å². The number of aliphatic hydroxyl groups is 1. The second-order valence-electron chi connectivity index (χ2n) is 23.6. The van der Waals surface area contributed by atoms with Crippen LogP contribution in [-0.2, 0) is 65.4 Å². The van der Waals surface area contributed by atoms with Crippen molar-refractivity contribution < 1.29 is 80.2 Å². The number of aliphatic hydroxyl groups excluding tert-OH is 1. The van der Waals surface area contributed by atoms with Crippen LogP contribution in [0.15, 0.2) is 0 Å². The van der Waals surface area contributed by atoms with E-state index in [2.05, 4.69) is 34.6 Å². The Labute approximate surface area is 505 Å². The maximum Gasteiger partial charge on any atom is 0.472 e. The first-order valence-corrected chi connectivity index (χ1v) is 36.6. The summed E-state index contributed by atoms with van der Waals surface area (Å²) in [6, 6.07) is 0. The lowest BCUT2D eigenvalue weighted by Crippen LogP contribution is -2.30. The lowest BCUT2D eigenvalue weighted by molar-refractivity contribution is -0.161. The highest BCUT2D eigenvalue weighted by molar-refractivity contribution is 7.47. The summed E-state index contributed by atoms with van der Waals surface area (Å²) in [5.41, 5.74) is 0. The fourth-order valence-corrected chi connectivity index (χ4v) is 11.2. The Balaban J connectivity index is 5.10. The summed E-state index contributed by atoms with van der Waals surface area (Å²) in [5, 5.41) is 10.5. The third kappa shape index (κ3) is 58.8. The molecular formula is C64H124O17P2. The van der Waals surface area contributed by atoms with E-state index >= 15 is 0 Å². The third-order valence-electron chi connectivity index (χ3n) is 14.8. The third-order valence-corrected chi connectivity index (χ3v) is 16.7. The number of carbonyl (C=O) groups is 4. The van der Waals surface area contributed by atoms with Crippen LogP contribution in [0, 0.1) is 5.92 Å². The summed E-state index contributed by atoms with van der Waals surface area (Å²) in [6.07, 6.45) is 42.3. The average Bonchev–Trinajstić information content (AvgIpc) is 3.45. The Bertz CT molecular complexity index is 1620. The lowest BCUT2D eigenvalue weighted by Gasteiger charge is -2.21. The number of hydrogen-bond acceptors (Lipinski definition) is 15. The van der Waals surface area contributed by atoms with E-state index in [9.17, 15) is 43.2 Å². The van der Waals surface area contributed by atoms with E-state index in [1.165, 1.54) is 135 Å².